The van der Waals surface area contributed by atoms with E-state index in [1.54, 1.807) is 54.6 Å². The van der Waals surface area contributed by atoms with Crippen LogP contribution in [0.1, 0.15) is 49.2 Å². The molecule has 1 unspecified atom stereocenters. The fourth-order valence-corrected chi connectivity index (χ4v) is 2.37. The number of rotatable bonds is 7. The molecule has 1 atom stereocenters. The molecule has 2 amide bonds. The largest absolute Gasteiger partial charge is 0.472 e. The van der Waals surface area contributed by atoms with Gasteiger partial charge in [0.2, 0.25) is 5.91 Å². The molecule has 8 heteroatoms. The fourth-order valence-electron chi connectivity index (χ4n) is 2.24. The minimum absolute atomic E-state index is 0.0487. The Morgan fingerprint density at radius 3 is 2.07 bits per heavy atom. The van der Waals surface area contributed by atoms with Gasteiger partial charge in [0.25, 0.3) is 5.91 Å². The van der Waals surface area contributed by atoms with Gasteiger partial charge in [0.05, 0.1) is 18.9 Å². The van der Waals surface area contributed by atoms with Gasteiger partial charge < -0.3 is 20.7 Å². The Morgan fingerprint density at radius 2 is 1.55 bits per heavy atom. The summed E-state index contributed by atoms with van der Waals surface area (Å²) in [4.78, 5) is 24.4. The summed E-state index contributed by atoms with van der Waals surface area (Å²) in [5, 5.41) is 23.4. The van der Waals surface area contributed by atoms with Crippen LogP contribution >= 0.6 is 11.6 Å². The summed E-state index contributed by atoms with van der Waals surface area (Å²) in [6.07, 6.45) is -0.328. The van der Waals surface area contributed by atoms with Gasteiger partial charge in [-0.05, 0) is 35.7 Å². The molecule has 156 valence electrons. The van der Waals surface area contributed by atoms with Gasteiger partial charge in [0.15, 0.2) is 0 Å². The highest BCUT2D eigenvalue weighted by Crippen LogP contribution is 2.20. The number of carbonyl (C=O) groups excluding carboxylic acids is 2. The number of carbonyl (C=O) groups is 2. The fraction of sp³-hybridized carbons (Fsp3) is 0.333. The molecule has 0 saturated carbocycles. The Bertz CT molecular complexity index is 752. The van der Waals surface area contributed by atoms with Crippen LogP contribution in [0, 0.1) is 5.92 Å². The van der Waals surface area contributed by atoms with E-state index in [0.717, 1.165) is 5.92 Å². The zero-order valence-electron chi connectivity index (χ0n) is 16.9. The van der Waals surface area contributed by atoms with Crippen molar-refractivity contribution in [1.29, 1.82) is 0 Å². The number of nitrogens with one attached hydrogen (secondary N) is 2. The number of benzene rings is 2. The topological polar surface area (TPSA) is 98.7 Å². The van der Waals surface area contributed by atoms with Crippen molar-refractivity contribution < 1.29 is 19.6 Å². The van der Waals surface area contributed by atoms with E-state index < -0.39 is 19.1 Å². The summed E-state index contributed by atoms with van der Waals surface area (Å²) < 4.78 is 0. The Kier molecular flexibility index (Phi) is 11.1. The maximum Gasteiger partial charge on any atom is 0.472 e. The van der Waals surface area contributed by atoms with Crippen molar-refractivity contribution in [2.45, 2.75) is 33.2 Å². The quantitative estimate of drug-likeness (QED) is 0.519. The lowest BCUT2D eigenvalue weighted by molar-refractivity contribution is -0.121. The van der Waals surface area contributed by atoms with E-state index >= 15 is 0 Å². The molecular weight excluding hydrogens is 391 g/mol. The van der Waals surface area contributed by atoms with Gasteiger partial charge in [0, 0.05) is 10.6 Å². The highest BCUT2D eigenvalue weighted by atomic mass is 35.5. The highest BCUT2D eigenvalue weighted by molar-refractivity contribution is 6.41. The van der Waals surface area contributed by atoms with Crippen LogP contribution in [0.4, 0.5) is 0 Å². The Hall–Kier alpha value is -2.35. The van der Waals surface area contributed by atoms with Gasteiger partial charge >= 0.3 is 7.12 Å². The van der Waals surface area contributed by atoms with E-state index in [2.05, 4.69) is 31.4 Å². The second-order valence-electron chi connectivity index (χ2n) is 7.16. The molecule has 0 bridgehead atoms. The average molecular weight is 419 g/mol. The van der Waals surface area contributed by atoms with Crippen molar-refractivity contribution in [2.75, 3.05) is 6.44 Å². The van der Waals surface area contributed by atoms with Gasteiger partial charge in [0.1, 0.15) is 0 Å². The van der Waals surface area contributed by atoms with Crippen LogP contribution in [0.2, 0.25) is 5.02 Å². The third-order valence-corrected chi connectivity index (χ3v) is 3.74. The summed E-state index contributed by atoms with van der Waals surface area (Å²) in [7, 11) is -1.63. The number of hydrogen-bond donors (Lipinski definition) is 4. The van der Waals surface area contributed by atoms with E-state index in [1.165, 1.54) is 0 Å². The van der Waals surface area contributed by atoms with Crippen LogP contribution in [0.15, 0.2) is 54.6 Å². The lowest BCUT2D eigenvalue weighted by atomic mass is 9.92. The smallest absolute Gasteiger partial charge is 0.426 e. The third-order valence-electron chi connectivity index (χ3n) is 3.49. The van der Waals surface area contributed by atoms with Crippen molar-refractivity contribution in [3.8, 4) is 0 Å². The predicted molar refractivity (Wildman–Crippen MR) is 116 cm³/mol. The second kappa shape index (κ2) is 13.0. The molecule has 0 aliphatic rings. The summed E-state index contributed by atoms with van der Waals surface area (Å²) in [6, 6.07) is 14.9. The van der Waals surface area contributed by atoms with Crippen LogP contribution in [0.5, 0.6) is 0 Å². The summed E-state index contributed by atoms with van der Waals surface area (Å²) in [6.45, 7) is 6.50. The average Bonchev–Trinajstić information content (AvgIpc) is 2.66. The van der Waals surface area contributed by atoms with Crippen LogP contribution in [0.25, 0.3) is 0 Å². The molecule has 4 N–H and O–H groups in total. The lowest BCUT2D eigenvalue weighted by Crippen LogP contribution is -2.38. The third kappa shape index (κ3) is 10.7. The molecule has 0 aromatic heterocycles. The summed E-state index contributed by atoms with van der Waals surface area (Å²) >= 11 is 5.89. The van der Waals surface area contributed by atoms with Crippen molar-refractivity contribution >= 4 is 30.5 Å². The lowest BCUT2D eigenvalue weighted by Gasteiger charge is -2.19. The maximum atomic E-state index is 12.4. The van der Waals surface area contributed by atoms with Crippen LogP contribution in [-0.2, 0) is 4.79 Å². The Balaban J connectivity index is 0.000000960. The van der Waals surface area contributed by atoms with E-state index in [1.807, 2.05) is 0 Å². The predicted octanol–water partition coefficient (Wildman–Crippen LogP) is 2.99. The molecule has 0 spiro atoms. The van der Waals surface area contributed by atoms with Gasteiger partial charge in [-0.3, -0.25) is 9.59 Å². The molecular formula is C21H28BClN2O4. The molecule has 0 saturated heterocycles. The van der Waals surface area contributed by atoms with Crippen molar-refractivity contribution in [3.05, 3.63) is 70.7 Å². The standard InChI is InChI=1S/C17H18BClN2O4.C4H10/c19-14-8-6-12(7-9-14)15(10-16(22)20-11-18(24)25)21-17(23)13-4-2-1-3-5-13;1-4(2)3/h1-9,15,24-25H,10-11H2,(H,20,22)(H,21,23);4H,1-3H3. The van der Waals surface area contributed by atoms with Crippen LogP contribution in [-0.4, -0.2) is 35.4 Å². The SMILES string of the molecule is CC(C)C.O=C(CC(NC(=O)c1ccccc1)c1ccc(Cl)cc1)NCB(O)O. The van der Waals surface area contributed by atoms with Gasteiger partial charge in [-0.2, -0.15) is 0 Å². The first-order chi connectivity index (χ1) is 13.7. The molecule has 2 rings (SSSR count). The zero-order valence-corrected chi connectivity index (χ0v) is 17.7. The van der Waals surface area contributed by atoms with Crippen molar-refractivity contribution in [2.24, 2.45) is 5.92 Å². The van der Waals surface area contributed by atoms with Gasteiger partial charge in [-0.15, -0.1) is 0 Å². The monoisotopic (exact) mass is 418 g/mol. The van der Waals surface area contributed by atoms with Gasteiger partial charge in [-0.1, -0.05) is 62.7 Å². The Morgan fingerprint density at radius 1 is 1.00 bits per heavy atom. The van der Waals surface area contributed by atoms with E-state index in [4.69, 9.17) is 21.6 Å². The van der Waals surface area contributed by atoms with Crippen molar-refractivity contribution in [1.82, 2.24) is 10.6 Å². The first-order valence-electron chi connectivity index (χ1n) is 9.43. The molecule has 0 fully saturated rings. The zero-order chi connectivity index (χ0) is 21.8. The number of hydrogen-bond acceptors (Lipinski definition) is 4. The van der Waals surface area contributed by atoms with E-state index in [9.17, 15) is 9.59 Å². The van der Waals surface area contributed by atoms with Crippen molar-refractivity contribution in [3.63, 3.8) is 0 Å². The molecule has 2 aromatic carbocycles. The first kappa shape index (κ1) is 24.7. The molecule has 0 radical (unpaired) electrons. The molecule has 0 aliphatic carbocycles. The molecule has 29 heavy (non-hydrogen) atoms. The van der Waals surface area contributed by atoms with E-state index in [-0.39, 0.29) is 18.8 Å². The molecule has 0 heterocycles. The Labute approximate surface area is 177 Å². The number of amides is 2. The summed E-state index contributed by atoms with van der Waals surface area (Å²) in [5.74, 6) is 0.108. The normalized spacial score (nSPS) is 11.1. The molecule has 2 aromatic rings. The maximum absolute atomic E-state index is 12.4. The first-order valence-corrected chi connectivity index (χ1v) is 9.81. The second-order valence-corrected chi connectivity index (χ2v) is 7.60. The van der Waals surface area contributed by atoms with Gasteiger partial charge in [-0.25, -0.2) is 0 Å². The summed E-state index contributed by atoms with van der Waals surface area (Å²) in [5.41, 5.74) is 1.20. The van der Waals surface area contributed by atoms with Crippen LogP contribution in [0.3, 0.4) is 0 Å². The highest BCUT2D eigenvalue weighted by Gasteiger charge is 2.20. The molecule has 0 aliphatic heterocycles. The molecule has 6 nitrogen and oxygen atoms in total. The van der Waals surface area contributed by atoms with E-state index in [0.29, 0.717) is 16.1 Å². The minimum Gasteiger partial charge on any atom is -0.426 e. The number of halogens is 1. The minimum atomic E-state index is -1.63. The van der Waals surface area contributed by atoms with Crippen LogP contribution < -0.4 is 10.6 Å².